The van der Waals surface area contributed by atoms with Gasteiger partial charge >= 0.3 is 0 Å². The number of amides is 2. The number of alkyl halides is 2. The molecule has 1 heterocycles. The van der Waals surface area contributed by atoms with Gasteiger partial charge in [0.05, 0.1) is 18.7 Å². The SMILES string of the molecule is C=C[C@H](NC(N=O)[C@@H](CC(=O)N(C)CCN1CCCC(F)(F)C1)Cc1ccccc1)C(=O)N[C@@H](CC1CCCCC1)C(O)[C@@H](O)CC(C)C. The van der Waals surface area contributed by atoms with Crippen LogP contribution in [0, 0.1) is 22.7 Å². The summed E-state index contributed by atoms with van der Waals surface area (Å²) in [5.41, 5.74) is 0.878. The number of carbonyl (C=O) groups is 2. The summed E-state index contributed by atoms with van der Waals surface area (Å²) in [7, 11) is 1.62. The first-order valence-corrected chi connectivity index (χ1v) is 18.1. The van der Waals surface area contributed by atoms with Crippen LogP contribution >= 0.6 is 0 Å². The molecule has 0 aromatic heterocycles. The molecule has 1 saturated heterocycles. The third-order valence-corrected chi connectivity index (χ3v) is 10.0. The van der Waals surface area contributed by atoms with Crippen molar-refractivity contribution in [1.29, 1.82) is 0 Å². The van der Waals surface area contributed by atoms with Gasteiger partial charge in [-0.3, -0.25) is 19.8 Å². The Bertz CT molecular complexity index is 1170. The molecule has 10 nitrogen and oxygen atoms in total. The Labute approximate surface area is 291 Å². The van der Waals surface area contributed by atoms with Gasteiger partial charge in [-0.1, -0.05) is 87.5 Å². The van der Waals surface area contributed by atoms with Gasteiger partial charge in [0.15, 0.2) is 0 Å². The largest absolute Gasteiger partial charge is 0.390 e. The van der Waals surface area contributed by atoms with Crippen LogP contribution in [0.5, 0.6) is 0 Å². The van der Waals surface area contributed by atoms with Crippen LogP contribution in [-0.4, -0.2) is 101 Å². The molecule has 49 heavy (non-hydrogen) atoms. The van der Waals surface area contributed by atoms with E-state index >= 15 is 0 Å². The van der Waals surface area contributed by atoms with Gasteiger partial charge in [-0.2, -0.15) is 0 Å². The lowest BCUT2D eigenvalue weighted by molar-refractivity contribution is -0.131. The Balaban J connectivity index is 1.72. The number of benzene rings is 1. The summed E-state index contributed by atoms with van der Waals surface area (Å²) in [6.07, 6.45) is 4.78. The topological polar surface area (TPSA) is 135 Å². The highest BCUT2D eigenvalue weighted by atomic mass is 19.3. The number of likely N-dealkylation sites (tertiary alicyclic amines) is 1. The summed E-state index contributed by atoms with van der Waals surface area (Å²) in [4.78, 5) is 42.7. The number of piperidine rings is 1. The van der Waals surface area contributed by atoms with E-state index in [4.69, 9.17) is 0 Å². The predicted octanol–water partition coefficient (Wildman–Crippen LogP) is 4.88. The second-order valence-corrected chi connectivity index (χ2v) is 14.7. The summed E-state index contributed by atoms with van der Waals surface area (Å²) >= 11 is 0. The number of likely N-dealkylation sites (N-methyl/N-ethyl adjacent to an activating group) is 1. The molecule has 1 aliphatic carbocycles. The molecular formula is C37H59F2N5O5. The van der Waals surface area contributed by atoms with E-state index in [2.05, 4.69) is 22.4 Å². The Morgan fingerprint density at radius 2 is 1.84 bits per heavy atom. The number of nitroso groups, excluding NO2 is 1. The molecule has 2 aliphatic rings. The summed E-state index contributed by atoms with van der Waals surface area (Å²) < 4.78 is 27.8. The van der Waals surface area contributed by atoms with Gasteiger partial charge in [0.25, 0.3) is 5.92 Å². The molecule has 3 rings (SSSR count). The number of nitrogens with zero attached hydrogens (tertiary/aromatic N) is 3. The van der Waals surface area contributed by atoms with Crippen molar-refractivity contribution in [2.45, 2.75) is 121 Å². The van der Waals surface area contributed by atoms with E-state index in [1.54, 1.807) is 11.9 Å². The van der Waals surface area contributed by atoms with E-state index in [1.165, 1.54) is 11.0 Å². The van der Waals surface area contributed by atoms with Gasteiger partial charge in [-0.25, -0.2) is 8.78 Å². The molecule has 1 saturated carbocycles. The van der Waals surface area contributed by atoms with Gasteiger partial charge < -0.3 is 20.4 Å². The van der Waals surface area contributed by atoms with Crippen molar-refractivity contribution < 1.29 is 28.6 Å². The maximum absolute atomic E-state index is 13.9. The molecule has 4 N–H and O–H groups in total. The van der Waals surface area contributed by atoms with Crippen molar-refractivity contribution >= 4 is 11.8 Å². The highest BCUT2D eigenvalue weighted by Gasteiger charge is 2.36. The molecule has 6 atom stereocenters. The highest BCUT2D eigenvalue weighted by molar-refractivity contribution is 5.84. The van der Waals surface area contributed by atoms with Crippen LogP contribution in [0.25, 0.3) is 0 Å². The van der Waals surface area contributed by atoms with Crippen LogP contribution in [0.2, 0.25) is 0 Å². The molecule has 2 fully saturated rings. The molecule has 0 spiro atoms. The van der Waals surface area contributed by atoms with Crippen molar-refractivity contribution in [2.24, 2.45) is 22.9 Å². The zero-order valence-corrected chi connectivity index (χ0v) is 29.6. The fourth-order valence-corrected chi connectivity index (χ4v) is 7.16. The van der Waals surface area contributed by atoms with Crippen LogP contribution in [0.1, 0.15) is 83.6 Å². The van der Waals surface area contributed by atoms with E-state index in [9.17, 15) is 33.5 Å². The highest BCUT2D eigenvalue weighted by Crippen LogP contribution is 2.29. The minimum Gasteiger partial charge on any atom is -0.390 e. The zero-order valence-electron chi connectivity index (χ0n) is 29.6. The first-order valence-electron chi connectivity index (χ1n) is 18.1. The lowest BCUT2D eigenvalue weighted by atomic mass is 9.82. The average Bonchev–Trinajstić information content (AvgIpc) is 3.07. The van der Waals surface area contributed by atoms with Crippen LogP contribution in [0.4, 0.5) is 8.78 Å². The van der Waals surface area contributed by atoms with E-state index in [0.717, 1.165) is 37.7 Å². The monoisotopic (exact) mass is 691 g/mol. The number of rotatable bonds is 20. The fraction of sp³-hybridized carbons (Fsp3) is 0.730. The van der Waals surface area contributed by atoms with Crippen molar-refractivity contribution in [3.05, 3.63) is 53.5 Å². The zero-order chi connectivity index (χ0) is 36.0. The molecule has 2 unspecified atom stereocenters. The predicted molar refractivity (Wildman–Crippen MR) is 188 cm³/mol. The molecule has 12 heteroatoms. The molecule has 276 valence electrons. The summed E-state index contributed by atoms with van der Waals surface area (Å²) in [6, 6.07) is 7.58. The quantitative estimate of drug-likeness (QED) is 0.113. The van der Waals surface area contributed by atoms with Crippen molar-refractivity contribution in [3.63, 3.8) is 0 Å². The van der Waals surface area contributed by atoms with Gasteiger partial charge in [-0.15, -0.1) is 11.5 Å². The van der Waals surface area contributed by atoms with Gasteiger partial charge in [0.1, 0.15) is 18.3 Å². The first-order chi connectivity index (χ1) is 23.3. The Morgan fingerprint density at radius 1 is 1.14 bits per heavy atom. The Hall–Kier alpha value is -2.80. The third kappa shape index (κ3) is 13.8. The van der Waals surface area contributed by atoms with E-state index in [-0.39, 0.29) is 37.8 Å². The van der Waals surface area contributed by atoms with E-state index in [0.29, 0.717) is 44.7 Å². The molecule has 2 amide bonds. The van der Waals surface area contributed by atoms with Gasteiger partial charge in [0.2, 0.25) is 11.8 Å². The second-order valence-electron chi connectivity index (χ2n) is 14.7. The van der Waals surface area contributed by atoms with E-state index in [1.807, 2.05) is 44.2 Å². The first kappa shape index (κ1) is 40.6. The second kappa shape index (κ2) is 20.1. The van der Waals surface area contributed by atoms with E-state index < -0.39 is 48.2 Å². The van der Waals surface area contributed by atoms with Gasteiger partial charge in [-0.05, 0) is 49.6 Å². The molecule has 1 aliphatic heterocycles. The smallest absolute Gasteiger partial charge is 0.260 e. The number of hydrogen-bond donors (Lipinski definition) is 4. The number of nitrogens with one attached hydrogen (secondary N) is 2. The van der Waals surface area contributed by atoms with Crippen molar-refractivity contribution in [1.82, 2.24) is 20.4 Å². The van der Waals surface area contributed by atoms with Crippen LogP contribution in [0.15, 0.2) is 48.2 Å². The number of aliphatic hydroxyl groups excluding tert-OH is 2. The van der Waals surface area contributed by atoms with Gasteiger partial charge in [0, 0.05) is 38.9 Å². The lowest BCUT2D eigenvalue weighted by Crippen LogP contribution is -2.56. The maximum Gasteiger partial charge on any atom is 0.260 e. The minimum atomic E-state index is -2.73. The maximum atomic E-state index is 13.9. The average molecular weight is 692 g/mol. The lowest BCUT2D eigenvalue weighted by Gasteiger charge is -2.34. The summed E-state index contributed by atoms with van der Waals surface area (Å²) in [6.45, 7) is 8.52. The number of halogens is 2. The Morgan fingerprint density at radius 3 is 2.45 bits per heavy atom. The molecule has 1 aromatic carbocycles. The molecular weight excluding hydrogens is 632 g/mol. The van der Waals surface area contributed by atoms with Crippen LogP contribution in [0.3, 0.4) is 0 Å². The number of aliphatic hydroxyl groups is 2. The van der Waals surface area contributed by atoms with Crippen molar-refractivity contribution in [3.8, 4) is 0 Å². The molecule has 0 radical (unpaired) electrons. The third-order valence-electron chi connectivity index (χ3n) is 10.0. The van der Waals surface area contributed by atoms with Crippen LogP contribution in [-0.2, 0) is 16.0 Å². The summed E-state index contributed by atoms with van der Waals surface area (Å²) in [5.74, 6) is -3.69. The number of carbonyl (C=O) groups excluding carboxylic acids is 2. The number of hydrogen-bond acceptors (Lipinski definition) is 8. The Kier molecular flexibility index (Phi) is 16.7. The normalized spacial score (nSPS) is 20.8. The van der Waals surface area contributed by atoms with Crippen molar-refractivity contribution in [2.75, 3.05) is 33.2 Å². The molecule has 0 bridgehead atoms. The molecule has 1 aromatic rings. The fourth-order valence-electron chi connectivity index (χ4n) is 7.16. The standard InChI is InChI=1S/C37H59F2N5O5/c1-5-30(36(48)41-31(23-28-15-10-7-11-16-28)34(47)32(45)21-26(2)3)40-35(42-49)29(22-27-13-8-6-9-14-27)24-33(46)43(4)19-20-44-18-12-17-37(38,39)25-44/h5-6,8-9,13-14,26,28-32,34-35,40,45,47H,1,7,10-12,15-25H2,2-4H3,(H,41,48)/t29-,30+,31+,32+,34?,35?/m1/s1. The minimum absolute atomic E-state index is 0.0686. The summed E-state index contributed by atoms with van der Waals surface area (Å²) in [5, 5.41) is 31.2. The van der Waals surface area contributed by atoms with Crippen LogP contribution < -0.4 is 10.6 Å².